The van der Waals surface area contributed by atoms with Crippen molar-refractivity contribution in [2.45, 2.75) is 24.9 Å². The highest BCUT2D eigenvalue weighted by molar-refractivity contribution is 6.33. The van der Waals surface area contributed by atoms with Crippen LogP contribution in [0.15, 0.2) is 42.5 Å². The predicted octanol–water partition coefficient (Wildman–Crippen LogP) is 3.84. The first-order valence-electron chi connectivity index (χ1n) is 7.74. The van der Waals surface area contributed by atoms with Gasteiger partial charge >= 0.3 is 0 Å². The first kappa shape index (κ1) is 14.7. The SMILES string of the molecule is O=C(Nc1cccc(-c2ccccc2Cl)c1F)C1CC2C[C@H]2N1. The van der Waals surface area contributed by atoms with Gasteiger partial charge in [0.25, 0.3) is 0 Å². The largest absolute Gasteiger partial charge is 0.322 e. The fourth-order valence-electron chi connectivity index (χ4n) is 3.26. The standard InChI is InChI=1S/C18H16ClFN2O/c19-13-6-2-1-4-11(13)12-5-3-7-14(17(12)20)22-18(23)16-9-10-8-15(10)21-16/h1-7,10,15-16,21H,8-9H2,(H,22,23)/t10?,15-,16?/m1/s1. The molecule has 2 unspecified atom stereocenters. The molecule has 5 heteroatoms. The van der Waals surface area contributed by atoms with E-state index in [0.717, 1.165) is 12.8 Å². The summed E-state index contributed by atoms with van der Waals surface area (Å²) in [5.41, 5.74) is 1.19. The molecule has 3 nitrogen and oxygen atoms in total. The maximum atomic E-state index is 14.8. The fraction of sp³-hybridized carbons (Fsp3) is 0.278. The van der Waals surface area contributed by atoms with Gasteiger partial charge < -0.3 is 10.6 Å². The van der Waals surface area contributed by atoms with Crippen LogP contribution >= 0.6 is 11.6 Å². The zero-order valence-corrected chi connectivity index (χ0v) is 13.1. The van der Waals surface area contributed by atoms with Gasteiger partial charge in [0, 0.05) is 22.2 Å². The van der Waals surface area contributed by atoms with E-state index in [2.05, 4.69) is 10.6 Å². The Morgan fingerprint density at radius 2 is 1.91 bits per heavy atom. The highest BCUT2D eigenvalue weighted by Gasteiger charge is 2.47. The molecule has 3 atom stereocenters. The minimum Gasteiger partial charge on any atom is -0.322 e. The molecule has 2 aromatic carbocycles. The molecule has 118 valence electrons. The molecule has 1 amide bonds. The number of carbonyl (C=O) groups excluding carboxylic acids is 1. The van der Waals surface area contributed by atoms with Crippen molar-refractivity contribution in [1.29, 1.82) is 0 Å². The summed E-state index contributed by atoms with van der Waals surface area (Å²) < 4.78 is 14.8. The van der Waals surface area contributed by atoms with Crippen LogP contribution in [0.5, 0.6) is 0 Å². The molecular formula is C18H16ClFN2O. The number of nitrogens with one attached hydrogen (secondary N) is 2. The summed E-state index contributed by atoms with van der Waals surface area (Å²) >= 11 is 6.15. The maximum absolute atomic E-state index is 14.8. The molecule has 1 saturated carbocycles. The smallest absolute Gasteiger partial charge is 0.241 e. The minimum absolute atomic E-state index is 0.174. The molecular weight excluding hydrogens is 315 g/mol. The van der Waals surface area contributed by atoms with Crippen molar-refractivity contribution in [3.63, 3.8) is 0 Å². The molecule has 0 spiro atoms. The monoisotopic (exact) mass is 330 g/mol. The Hall–Kier alpha value is -1.91. The number of piperidine rings is 1. The number of halogens is 2. The van der Waals surface area contributed by atoms with Crippen molar-refractivity contribution in [3.8, 4) is 11.1 Å². The lowest BCUT2D eigenvalue weighted by atomic mass is 10.0. The average molecular weight is 331 g/mol. The second-order valence-electron chi connectivity index (χ2n) is 6.19. The second kappa shape index (κ2) is 5.62. The van der Waals surface area contributed by atoms with Gasteiger partial charge in [-0.25, -0.2) is 4.39 Å². The van der Waals surface area contributed by atoms with Gasteiger partial charge in [-0.3, -0.25) is 4.79 Å². The van der Waals surface area contributed by atoms with Crippen LogP contribution in [-0.2, 0) is 4.79 Å². The minimum atomic E-state index is -0.461. The summed E-state index contributed by atoms with van der Waals surface area (Å²) in [5.74, 6) is -0.0189. The summed E-state index contributed by atoms with van der Waals surface area (Å²) in [6.07, 6.45) is 1.99. The van der Waals surface area contributed by atoms with E-state index >= 15 is 0 Å². The molecule has 2 N–H and O–H groups in total. The van der Waals surface area contributed by atoms with Crippen molar-refractivity contribution in [3.05, 3.63) is 53.3 Å². The van der Waals surface area contributed by atoms with Crippen LogP contribution in [-0.4, -0.2) is 18.0 Å². The fourth-order valence-corrected chi connectivity index (χ4v) is 3.50. The Morgan fingerprint density at radius 3 is 2.65 bits per heavy atom. The summed E-state index contributed by atoms with van der Waals surface area (Å²) in [7, 11) is 0. The molecule has 2 fully saturated rings. The van der Waals surface area contributed by atoms with Crippen LogP contribution in [0.2, 0.25) is 5.02 Å². The molecule has 4 rings (SSSR count). The van der Waals surface area contributed by atoms with Crippen molar-refractivity contribution >= 4 is 23.2 Å². The van der Waals surface area contributed by atoms with Gasteiger partial charge in [-0.1, -0.05) is 41.9 Å². The number of carbonyl (C=O) groups is 1. The Morgan fingerprint density at radius 1 is 1.13 bits per heavy atom. The van der Waals surface area contributed by atoms with Crippen LogP contribution in [0.4, 0.5) is 10.1 Å². The summed E-state index contributed by atoms with van der Waals surface area (Å²) in [5, 5.41) is 6.45. The first-order valence-corrected chi connectivity index (χ1v) is 8.11. The van der Waals surface area contributed by atoms with Gasteiger partial charge in [-0.05, 0) is 30.9 Å². The van der Waals surface area contributed by atoms with Gasteiger partial charge in [0.1, 0.15) is 0 Å². The van der Waals surface area contributed by atoms with E-state index in [1.807, 2.05) is 0 Å². The number of hydrogen-bond acceptors (Lipinski definition) is 2. The molecule has 1 aliphatic heterocycles. The van der Waals surface area contributed by atoms with Gasteiger partial charge in [0.05, 0.1) is 11.7 Å². The lowest BCUT2D eigenvalue weighted by Gasteiger charge is -2.15. The van der Waals surface area contributed by atoms with Crippen molar-refractivity contribution in [2.24, 2.45) is 5.92 Å². The number of benzene rings is 2. The third-order valence-electron chi connectivity index (χ3n) is 4.61. The molecule has 0 radical (unpaired) electrons. The zero-order valence-electron chi connectivity index (χ0n) is 12.4. The van der Waals surface area contributed by atoms with Crippen molar-refractivity contribution in [1.82, 2.24) is 5.32 Å². The van der Waals surface area contributed by atoms with Gasteiger partial charge in [0.15, 0.2) is 5.82 Å². The van der Waals surface area contributed by atoms with E-state index in [1.165, 1.54) is 0 Å². The molecule has 23 heavy (non-hydrogen) atoms. The van der Waals surface area contributed by atoms with Gasteiger partial charge in [-0.2, -0.15) is 0 Å². The van der Waals surface area contributed by atoms with E-state index < -0.39 is 5.82 Å². The summed E-state index contributed by atoms with van der Waals surface area (Å²) in [4.78, 5) is 12.3. The normalized spacial score (nSPS) is 25.0. The number of rotatable bonds is 3. The van der Waals surface area contributed by atoms with E-state index in [4.69, 9.17) is 11.6 Å². The van der Waals surface area contributed by atoms with E-state index in [9.17, 15) is 9.18 Å². The lowest BCUT2D eigenvalue weighted by Crippen LogP contribution is -2.38. The van der Waals surface area contributed by atoms with Crippen molar-refractivity contribution in [2.75, 3.05) is 5.32 Å². The Bertz CT molecular complexity index is 769. The zero-order chi connectivity index (χ0) is 16.0. The predicted molar refractivity (Wildman–Crippen MR) is 88.9 cm³/mol. The Balaban J connectivity index is 1.59. The molecule has 0 aromatic heterocycles. The third-order valence-corrected chi connectivity index (χ3v) is 4.94. The van der Waals surface area contributed by atoms with Crippen LogP contribution < -0.4 is 10.6 Å². The number of anilines is 1. The number of amides is 1. The quantitative estimate of drug-likeness (QED) is 0.898. The number of fused-ring (bicyclic) bond motifs is 1. The Labute approximate surface area is 138 Å². The maximum Gasteiger partial charge on any atom is 0.241 e. The first-order chi connectivity index (χ1) is 11.1. The molecule has 2 aliphatic rings. The van der Waals surface area contributed by atoms with Gasteiger partial charge in [-0.15, -0.1) is 0 Å². The molecule has 1 saturated heterocycles. The average Bonchev–Trinajstić information content (AvgIpc) is 3.16. The highest BCUT2D eigenvalue weighted by atomic mass is 35.5. The van der Waals surface area contributed by atoms with Crippen LogP contribution in [0.25, 0.3) is 11.1 Å². The topological polar surface area (TPSA) is 41.1 Å². The number of hydrogen-bond donors (Lipinski definition) is 2. The van der Waals surface area contributed by atoms with E-state index in [1.54, 1.807) is 42.5 Å². The van der Waals surface area contributed by atoms with Gasteiger partial charge in [0.2, 0.25) is 5.91 Å². The Kier molecular flexibility index (Phi) is 3.58. The third kappa shape index (κ3) is 2.73. The highest BCUT2D eigenvalue weighted by Crippen LogP contribution is 2.41. The molecule has 1 heterocycles. The van der Waals surface area contributed by atoms with Crippen molar-refractivity contribution < 1.29 is 9.18 Å². The molecule has 1 aliphatic carbocycles. The molecule has 0 bridgehead atoms. The lowest BCUT2D eigenvalue weighted by molar-refractivity contribution is -0.118. The van der Waals surface area contributed by atoms with E-state index in [0.29, 0.717) is 28.1 Å². The van der Waals surface area contributed by atoms with Crippen LogP contribution in [0.1, 0.15) is 12.8 Å². The summed E-state index contributed by atoms with van der Waals surface area (Å²) in [6.45, 7) is 0. The van der Waals surface area contributed by atoms with E-state index in [-0.39, 0.29) is 17.6 Å². The van der Waals surface area contributed by atoms with Crippen LogP contribution in [0, 0.1) is 11.7 Å². The summed E-state index contributed by atoms with van der Waals surface area (Å²) in [6, 6.07) is 12.3. The molecule has 2 aromatic rings. The van der Waals surface area contributed by atoms with Crippen LogP contribution in [0.3, 0.4) is 0 Å². The second-order valence-corrected chi connectivity index (χ2v) is 6.60.